The number of ether oxygens (including phenoxy) is 1. The summed E-state index contributed by atoms with van der Waals surface area (Å²) in [6, 6.07) is 7.20. The number of nitrogens with zero attached hydrogens (tertiary/aromatic N) is 1. The largest absolute Gasteiger partial charge is 0.497 e. The zero-order valence-corrected chi connectivity index (χ0v) is 12.9. The summed E-state index contributed by atoms with van der Waals surface area (Å²) in [6.07, 6.45) is 3.19. The summed E-state index contributed by atoms with van der Waals surface area (Å²) in [5.74, 6) is 0.620. The van der Waals surface area contributed by atoms with E-state index in [0.29, 0.717) is 24.4 Å². The fraction of sp³-hybridized carbons (Fsp3) is 0.529. The Hall–Kier alpha value is -1.88. The number of carbonyl (C=O) groups is 2. The van der Waals surface area contributed by atoms with Crippen molar-refractivity contribution in [3.63, 3.8) is 0 Å². The van der Waals surface area contributed by atoms with Crippen LogP contribution in [0, 0.1) is 5.92 Å². The number of nitrogens with two attached hydrogens (primary N) is 1. The molecule has 0 aromatic heterocycles. The Bertz CT molecular complexity index is 595. The van der Waals surface area contributed by atoms with Crippen LogP contribution >= 0.6 is 0 Å². The zero-order chi connectivity index (χ0) is 15.7. The van der Waals surface area contributed by atoms with Gasteiger partial charge in [-0.1, -0.05) is 12.1 Å². The molecule has 5 nitrogen and oxygen atoms in total. The summed E-state index contributed by atoms with van der Waals surface area (Å²) in [5, 5.41) is 0. The molecule has 1 aliphatic carbocycles. The fourth-order valence-corrected chi connectivity index (χ4v) is 3.05. The maximum absolute atomic E-state index is 12.7. The van der Waals surface area contributed by atoms with Gasteiger partial charge >= 0.3 is 0 Å². The number of hydrogen-bond acceptors (Lipinski definition) is 4. The van der Waals surface area contributed by atoms with Crippen LogP contribution in [0.2, 0.25) is 0 Å². The first-order valence-electron chi connectivity index (χ1n) is 7.80. The standard InChI is InChI=1S/C17H22N2O3/c1-22-14-6-2-4-12(10-14)15(20)13-5-3-9-19(11-13)16(21)17(18)7-8-17/h2,4,6,10,13H,3,5,7-9,11,18H2,1H3/t13-/m1/s1. The zero-order valence-electron chi connectivity index (χ0n) is 12.9. The Balaban J connectivity index is 1.71. The average Bonchev–Trinajstić information content (AvgIpc) is 3.32. The van der Waals surface area contributed by atoms with Gasteiger partial charge in [0.1, 0.15) is 5.75 Å². The second-order valence-electron chi connectivity index (χ2n) is 6.34. The van der Waals surface area contributed by atoms with Crippen molar-refractivity contribution in [2.45, 2.75) is 31.2 Å². The second kappa shape index (κ2) is 5.72. The second-order valence-corrected chi connectivity index (χ2v) is 6.34. The summed E-state index contributed by atoms with van der Waals surface area (Å²) in [6.45, 7) is 1.19. The number of carbonyl (C=O) groups excluding carboxylic acids is 2. The normalized spacial score (nSPS) is 23.0. The van der Waals surface area contributed by atoms with Gasteiger partial charge in [0, 0.05) is 24.6 Å². The van der Waals surface area contributed by atoms with Crippen molar-refractivity contribution in [3.8, 4) is 5.75 Å². The lowest BCUT2D eigenvalue weighted by Crippen LogP contribution is -2.50. The molecule has 0 spiro atoms. The molecule has 0 radical (unpaired) electrons. The number of likely N-dealkylation sites (tertiary alicyclic amines) is 1. The van der Waals surface area contributed by atoms with Crippen molar-refractivity contribution < 1.29 is 14.3 Å². The number of benzene rings is 1. The molecule has 2 fully saturated rings. The summed E-state index contributed by atoms with van der Waals surface area (Å²) in [7, 11) is 1.58. The molecule has 1 atom stereocenters. The minimum Gasteiger partial charge on any atom is -0.497 e. The van der Waals surface area contributed by atoms with Gasteiger partial charge in [0.15, 0.2) is 5.78 Å². The van der Waals surface area contributed by atoms with Gasteiger partial charge in [-0.05, 0) is 37.8 Å². The van der Waals surface area contributed by atoms with Gasteiger partial charge in [-0.3, -0.25) is 9.59 Å². The molecule has 1 aromatic carbocycles. The lowest BCUT2D eigenvalue weighted by molar-refractivity contribution is -0.135. The number of piperidine rings is 1. The monoisotopic (exact) mass is 302 g/mol. The molecule has 1 amide bonds. The van der Waals surface area contributed by atoms with E-state index in [1.807, 2.05) is 12.1 Å². The minimum atomic E-state index is -0.652. The van der Waals surface area contributed by atoms with E-state index >= 15 is 0 Å². The van der Waals surface area contributed by atoms with Crippen LogP contribution in [0.3, 0.4) is 0 Å². The van der Waals surface area contributed by atoms with Gasteiger partial charge in [0.05, 0.1) is 12.6 Å². The molecule has 22 heavy (non-hydrogen) atoms. The van der Waals surface area contributed by atoms with Crippen LogP contribution in [0.4, 0.5) is 0 Å². The van der Waals surface area contributed by atoms with Crippen molar-refractivity contribution in [1.82, 2.24) is 4.90 Å². The molecule has 118 valence electrons. The third kappa shape index (κ3) is 2.86. The molecule has 1 aromatic rings. The highest BCUT2D eigenvalue weighted by Crippen LogP contribution is 2.35. The minimum absolute atomic E-state index is 0.00985. The summed E-state index contributed by atoms with van der Waals surface area (Å²) in [5.41, 5.74) is 5.99. The molecule has 0 bridgehead atoms. The predicted octanol–water partition coefficient (Wildman–Crippen LogP) is 1.61. The van der Waals surface area contributed by atoms with Crippen LogP contribution in [-0.4, -0.2) is 42.3 Å². The van der Waals surface area contributed by atoms with Crippen molar-refractivity contribution >= 4 is 11.7 Å². The first-order chi connectivity index (χ1) is 10.5. The van der Waals surface area contributed by atoms with E-state index < -0.39 is 5.54 Å². The van der Waals surface area contributed by atoms with Gasteiger partial charge in [-0.15, -0.1) is 0 Å². The number of ketones is 1. The molecule has 2 aliphatic rings. The maximum Gasteiger partial charge on any atom is 0.242 e. The first-order valence-corrected chi connectivity index (χ1v) is 7.80. The highest BCUT2D eigenvalue weighted by molar-refractivity contribution is 5.99. The molecule has 1 heterocycles. The number of hydrogen-bond donors (Lipinski definition) is 1. The van der Waals surface area contributed by atoms with Gasteiger partial charge < -0.3 is 15.4 Å². The number of methoxy groups -OCH3 is 1. The van der Waals surface area contributed by atoms with E-state index in [1.54, 1.807) is 24.1 Å². The predicted molar refractivity (Wildman–Crippen MR) is 82.8 cm³/mol. The molecule has 2 N–H and O–H groups in total. The molecule has 1 saturated heterocycles. The quantitative estimate of drug-likeness (QED) is 0.858. The highest BCUT2D eigenvalue weighted by Gasteiger charge is 2.49. The van der Waals surface area contributed by atoms with E-state index in [9.17, 15) is 9.59 Å². The van der Waals surface area contributed by atoms with Gasteiger partial charge in [-0.25, -0.2) is 0 Å². The topological polar surface area (TPSA) is 72.6 Å². The van der Waals surface area contributed by atoms with Crippen LogP contribution in [0.25, 0.3) is 0 Å². The number of Topliss-reactive ketones (excluding diaryl/α,β-unsaturated/α-hetero) is 1. The van der Waals surface area contributed by atoms with Crippen LogP contribution in [0.1, 0.15) is 36.0 Å². The molecule has 1 aliphatic heterocycles. The van der Waals surface area contributed by atoms with Crippen LogP contribution in [0.15, 0.2) is 24.3 Å². The molecule has 1 saturated carbocycles. The lowest BCUT2D eigenvalue weighted by atomic mass is 9.89. The average molecular weight is 302 g/mol. The SMILES string of the molecule is COc1cccc(C(=O)[C@@H]2CCCN(C(=O)C3(N)CC3)C2)c1. The number of amides is 1. The summed E-state index contributed by atoms with van der Waals surface area (Å²) >= 11 is 0. The Morgan fingerprint density at radius 3 is 2.82 bits per heavy atom. The molecular weight excluding hydrogens is 280 g/mol. The molecule has 5 heteroatoms. The third-order valence-electron chi connectivity index (χ3n) is 4.65. The number of rotatable bonds is 4. The summed E-state index contributed by atoms with van der Waals surface area (Å²) < 4.78 is 5.17. The van der Waals surface area contributed by atoms with Gasteiger partial charge in [-0.2, -0.15) is 0 Å². The van der Waals surface area contributed by atoms with E-state index in [1.165, 1.54) is 0 Å². The third-order valence-corrected chi connectivity index (χ3v) is 4.65. The Labute approximate surface area is 130 Å². The van der Waals surface area contributed by atoms with Gasteiger partial charge in [0.25, 0.3) is 0 Å². The van der Waals surface area contributed by atoms with E-state index in [4.69, 9.17) is 10.5 Å². The van der Waals surface area contributed by atoms with Crippen LogP contribution in [-0.2, 0) is 4.79 Å². The smallest absolute Gasteiger partial charge is 0.242 e. The Kier molecular flexibility index (Phi) is 3.91. The Morgan fingerprint density at radius 1 is 1.36 bits per heavy atom. The van der Waals surface area contributed by atoms with E-state index in [2.05, 4.69) is 0 Å². The van der Waals surface area contributed by atoms with Crippen LogP contribution in [0.5, 0.6) is 5.75 Å². The highest BCUT2D eigenvalue weighted by atomic mass is 16.5. The van der Waals surface area contributed by atoms with Crippen molar-refractivity contribution in [2.75, 3.05) is 20.2 Å². The van der Waals surface area contributed by atoms with Crippen molar-refractivity contribution in [2.24, 2.45) is 11.7 Å². The van der Waals surface area contributed by atoms with E-state index in [0.717, 1.165) is 25.7 Å². The van der Waals surface area contributed by atoms with Crippen molar-refractivity contribution in [1.29, 1.82) is 0 Å². The van der Waals surface area contributed by atoms with Crippen LogP contribution < -0.4 is 10.5 Å². The lowest BCUT2D eigenvalue weighted by Gasteiger charge is -2.33. The van der Waals surface area contributed by atoms with Gasteiger partial charge in [0.2, 0.25) is 5.91 Å². The van der Waals surface area contributed by atoms with Crippen molar-refractivity contribution in [3.05, 3.63) is 29.8 Å². The summed E-state index contributed by atoms with van der Waals surface area (Å²) in [4.78, 5) is 26.8. The molecule has 3 rings (SSSR count). The first kappa shape index (κ1) is 15.0. The fourth-order valence-electron chi connectivity index (χ4n) is 3.05. The molecule has 0 unspecified atom stereocenters. The molecular formula is C17H22N2O3. The van der Waals surface area contributed by atoms with E-state index in [-0.39, 0.29) is 17.6 Å². The Morgan fingerprint density at radius 2 is 2.14 bits per heavy atom. The maximum atomic E-state index is 12.7.